The topological polar surface area (TPSA) is 43.4 Å². The second kappa shape index (κ2) is 7.77. The number of nitrogens with zero attached hydrogens (tertiary/aromatic N) is 1. The maximum atomic E-state index is 5.35. The van der Waals surface area contributed by atoms with Crippen molar-refractivity contribution in [2.45, 2.75) is 26.4 Å². The molecule has 1 N–H and O–H groups in total. The number of rotatable bonds is 7. The molecule has 0 fully saturated rings. The number of thiazole rings is 1. The minimum Gasteiger partial charge on any atom is -0.493 e. The molecule has 0 radical (unpaired) electrons. The van der Waals surface area contributed by atoms with Crippen molar-refractivity contribution in [3.63, 3.8) is 0 Å². The summed E-state index contributed by atoms with van der Waals surface area (Å²) in [6, 6.07) is 4.02. The number of ether oxygens (including phenoxy) is 2. The smallest absolute Gasteiger partial charge is 0.174 e. The van der Waals surface area contributed by atoms with Crippen molar-refractivity contribution in [2.24, 2.45) is 0 Å². The first-order valence-electron chi connectivity index (χ1n) is 6.72. The predicted octanol–water partition coefficient (Wildman–Crippen LogP) is 3.78. The molecule has 2 aromatic rings. The van der Waals surface area contributed by atoms with Crippen LogP contribution in [-0.2, 0) is 19.5 Å². The van der Waals surface area contributed by atoms with Crippen LogP contribution < -0.4 is 14.8 Å². The summed E-state index contributed by atoms with van der Waals surface area (Å²) in [7, 11) is 3.28. The van der Waals surface area contributed by atoms with Gasteiger partial charge in [-0.2, -0.15) is 0 Å². The minimum atomic E-state index is 0.716. The van der Waals surface area contributed by atoms with Gasteiger partial charge in [0.1, 0.15) is 5.01 Å². The van der Waals surface area contributed by atoms with Crippen LogP contribution in [0.5, 0.6) is 11.5 Å². The summed E-state index contributed by atoms with van der Waals surface area (Å²) in [5, 5.41) is 4.52. The van der Waals surface area contributed by atoms with Crippen LogP contribution in [0.4, 0.5) is 0 Å². The molecule has 2 rings (SSSR count). The monoisotopic (exact) mass is 370 g/mol. The quantitative estimate of drug-likeness (QED) is 0.805. The first kappa shape index (κ1) is 16.3. The van der Waals surface area contributed by atoms with Gasteiger partial charge < -0.3 is 14.8 Å². The lowest BCUT2D eigenvalue weighted by atomic mass is 10.2. The normalized spacial score (nSPS) is 10.7. The third kappa shape index (κ3) is 4.18. The Labute approximate surface area is 137 Å². The van der Waals surface area contributed by atoms with E-state index in [0.717, 1.165) is 40.3 Å². The van der Waals surface area contributed by atoms with Crippen molar-refractivity contribution in [3.8, 4) is 11.5 Å². The van der Waals surface area contributed by atoms with Gasteiger partial charge in [-0.3, -0.25) is 0 Å². The lowest BCUT2D eigenvalue weighted by molar-refractivity contribution is 0.352. The summed E-state index contributed by atoms with van der Waals surface area (Å²) in [5.74, 6) is 1.44. The molecule has 1 heterocycles. The Balaban J connectivity index is 1.98. The summed E-state index contributed by atoms with van der Waals surface area (Å²) >= 11 is 5.26. The molecule has 0 spiro atoms. The van der Waals surface area contributed by atoms with Crippen molar-refractivity contribution in [1.82, 2.24) is 10.3 Å². The molecule has 0 saturated carbocycles. The second-order valence-corrected chi connectivity index (χ2v) is 6.54. The maximum Gasteiger partial charge on any atom is 0.174 e. The molecule has 0 aliphatic rings. The first-order chi connectivity index (χ1) is 10.2. The zero-order chi connectivity index (χ0) is 15.2. The molecule has 21 heavy (non-hydrogen) atoms. The summed E-state index contributed by atoms with van der Waals surface area (Å²) in [6.45, 7) is 3.67. The van der Waals surface area contributed by atoms with Gasteiger partial charge in [-0.1, -0.05) is 6.92 Å². The van der Waals surface area contributed by atoms with Crippen LogP contribution in [-0.4, -0.2) is 19.2 Å². The van der Waals surface area contributed by atoms with E-state index in [1.165, 1.54) is 4.88 Å². The molecule has 114 valence electrons. The van der Waals surface area contributed by atoms with E-state index >= 15 is 0 Å². The van der Waals surface area contributed by atoms with Gasteiger partial charge in [0.25, 0.3) is 0 Å². The van der Waals surface area contributed by atoms with Crippen LogP contribution in [0.1, 0.15) is 22.4 Å². The summed E-state index contributed by atoms with van der Waals surface area (Å²) in [5.41, 5.74) is 1.13. The van der Waals surface area contributed by atoms with Crippen LogP contribution in [0.25, 0.3) is 0 Å². The molecule has 1 aromatic carbocycles. The SMILES string of the molecule is CCc1cnc(CNCc2cc(Br)c(OC)c(OC)c2)s1. The fourth-order valence-electron chi connectivity index (χ4n) is 1.98. The molecule has 0 unspecified atom stereocenters. The average Bonchev–Trinajstić information content (AvgIpc) is 2.94. The van der Waals surface area contributed by atoms with Crippen LogP contribution in [0.15, 0.2) is 22.8 Å². The molecule has 0 bridgehead atoms. The van der Waals surface area contributed by atoms with E-state index in [-0.39, 0.29) is 0 Å². The Kier molecular flexibility index (Phi) is 6.02. The van der Waals surface area contributed by atoms with Crippen molar-refractivity contribution in [1.29, 1.82) is 0 Å². The minimum absolute atomic E-state index is 0.716. The number of hydrogen-bond acceptors (Lipinski definition) is 5. The Morgan fingerprint density at radius 1 is 1.24 bits per heavy atom. The summed E-state index contributed by atoms with van der Waals surface area (Å²) in [4.78, 5) is 5.72. The average molecular weight is 371 g/mol. The molecule has 0 aliphatic heterocycles. The molecule has 4 nitrogen and oxygen atoms in total. The first-order valence-corrected chi connectivity index (χ1v) is 8.33. The Morgan fingerprint density at radius 2 is 2.05 bits per heavy atom. The highest BCUT2D eigenvalue weighted by molar-refractivity contribution is 9.10. The number of aromatic nitrogens is 1. The van der Waals surface area contributed by atoms with Gasteiger partial charge in [-0.15, -0.1) is 11.3 Å². The van der Waals surface area contributed by atoms with E-state index in [9.17, 15) is 0 Å². The molecule has 6 heteroatoms. The van der Waals surface area contributed by atoms with E-state index in [1.807, 2.05) is 18.3 Å². The third-order valence-electron chi connectivity index (χ3n) is 3.05. The van der Waals surface area contributed by atoms with Crippen molar-refractivity contribution >= 4 is 27.3 Å². The van der Waals surface area contributed by atoms with Gasteiger partial charge in [-0.05, 0) is 40.0 Å². The van der Waals surface area contributed by atoms with Crippen molar-refractivity contribution in [3.05, 3.63) is 38.3 Å². The number of hydrogen-bond donors (Lipinski definition) is 1. The van der Waals surface area contributed by atoms with Crippen LogP contribution in [0.3, 0.4) is 0 Å². The molecule has 1 aromatic heterocycles. The highest BCUT2D eigenvalue weighted by Crippen LogP contribution is 2.36. The number of halogens is 1. The summed E-state index contributed by atoms with van der Waals surface area (Å²) in [6.07, 6.45) is 3.00. The highest BCUT2D eigenvalue weighted by atomic mass is 79.9. The van der Waals surface area contributed by atoms with E-state index in [0.29, 0.717) is 5.75 Å². The molecule has 0 saturated heterocycles. The lowest BCUT2D eigenvalue weighted by Gasteiger charge is -2.12. The van der Waals surface area contributed by atoms with Gasteiger partial charge >= 0.3 is 0 Å². The van der Waals surface area contributed by atoms with Gasteiger partial charge in [-0.25, -0.2) is 4.98 Å². The molecular formula is C15H19BrN2O2S. The van der Waals surface area contributed by atoms with Crippen molar-refractivity contribution < 1.29 is 9.47 Å². The van der Waals surface area contributed by atoms with E-state index in [4.69, 9.17) is 9.47 Å². The zero-order valence-electron chi connectivity index (χ0n) is 12.4. The zero-order valence-corrected chi connectivity index (χ0v) is 14.8. The van der Waals surface area contributed by atoms with E-state index in [1.54, 1.807) is 25.6 Å². The number of benzene rings is 1. The largest absolute Gasteiger partial charge is 0.493 e. The maximum absolute atomic E-state index is 5.35. The fraction of sp³-hybridized carbons (Fsp3) is 0.400. The van der Waals surface area contributed by atoms with Crippen molar-refractivity contribution in [2.75, 3.05) is 14.2 Å². The van der Waals surface area contributed by atoms with E-state index < -0.39 is 0 Å². The lowest BCUT2D eigenvalue weighted by Crippen LogP contribution is -2.12. The third-order valence-corrected chi connectivity index (χ3v) is 4.78. The Bertz CT molecular complexity index is 601. The Hall–Kier alpha value is -1.11. The molecular weight excluding hydrogens is 352 g/mol. The van der Waals surface area contributed by atoms with E-state index in [2.05, 4.69) is 33.2 Å². The predicted molar refractivity (Wildman–Crippen MR) is 89.3 cm³/mol. The number of methoxy groups -OCH3 is 2. The highest BCUT2D eigenvalue weighted by Gasteiger charge is 2.10. The molecule has 0 amide bonds. The standard InChI is InChI=1S/C15H19BrN2O2S/c1-4-11-8-18-14(21-11)9-17-7-10-5-12(16)15(20-3)13(6-10)19-2/h5-6,8,17H,4,7,9H2,1-3H3. The van der Waals surface area contributed by atoms with Crippen LogP contribution in [0.2, 0.25) is 0 Å². The second-order valence-electron chi connectivity index (χ2n) is 4.49. The number of nitrogens with one attached hydrogen (secondary N) is 1. The molecule has 0 aliphatic carbocycles. The van der Waals surface area contributed by atoms with Gasteiger partial charge in [0.15, 0.2) is 11.5 Å². The van der Waals surface area contributed by atoms with Crippen LogP contribution in [0, 0.1) is 0 Å². The number of aryl methyl sites for hydroxylation is 1. The Morgan fingerprint density at radius 3 is 2.67 bits per heavy atom. The fourth-order valence-corrected chi connectivity index (χ4v) is 3.46. The van der Waals surface area contributed by atoms with Crippen LogP contribution >= 0.6 is 27.3 Å². The summed E-state index contributed by atoms with van der Waals surface area (Å²) < 4.78 is 11.5. The van der Waals surface area contributed by atoms with Gasteiger partial charge in [0, 0.05) is 24.2 Å². The van der Waals surface area contributed by atoms with Gasteiger partial charge in [0.2, 0.25) is 0 Å². The van der Waals surface area contributed by atoms with Gasteiger partial charge in [0.05, 0.1) is 18.7 Å². The molecule has 0 atom stereocenters.